The molecule has 3 rings (SSSR count). The van der Waals surface area contributed by atoms with Crippen molar-refractivity contribution in [1.29, 1.82) is 0 Å². The molecule has 168 valence electrons. The van der Waals surface area contributed by atoms with Crippen LogP contribution in [0, 0.1) is 0 Å². The van der Waals surface area contributed by atoms with Crippen molar-refractivity contribution in [3.05, 3.63) is 47.0 Å². The van der Waals surface area contributed by atoms with Gasteiger partial charge in [0.05, 0.1) is 26.2 Å². The van der Waals surface area contributed by atoms with E-state index in [-0.39, 0.29) is 28.9 Å². The molecule has 2 aromatic carbocycles. The Morgan fingerprint density at radius 3 is 2.47 bits per heavy atom. The number of aromatic nitrogens is 3. The fraction of sp³-hybridized carbons (Fsp3) is 0.238. The van der Waals surface area contributed by atoms with Crippen LogP contribution in [0.5, 0.6) is 17.2 Å². The molecule has 1 aromatic heterocycles. The molecule has 0 aliphatic rings. The third kappa shape index (κ3) is 5.51. The van der Waals surface area contributed by atoms with E-state index in [2.05, 4.69) is 20.7 Å². The van der Waals surface area contributed by atoms with Crippen molar-refractivity contribution in [3.63, 3.8) is 0 Å². The quantitative estimate of drug-likeness (QED) is 0.276. The number of benzene rings is 2. The molecular formula is C21H22ClN5O4S. The predicted molar refractivity (Wildman–Crippen MR) is 124 cm³/mol. The molecule has 2 N–H and O–H groups in total. The molecule has 3 aromatic rings. The topological polar surface area (TPSA) is 111 Å². The predicted octanol–water partition coefficient (Wildman–Crippen LogP) is 3.58. The highest BCUT2D eigenvalue weighted by molar-refractivity contribution is 7.99. The average molecular weight is 476 g/mol. The number of methoxy groups -OCH3 is 2. The molecular weight excluding hydrogens is 454 g/mol. The van der Waals surface area contributed by atoms with Gasteiger partial charge in [-0.05, 0) is 43.3 Å². The van der Waals surface area contributed by atoms with Gasteiger partial charge in [0.1, 0.15) is 0 Å². The summed E-state index contributed by atoms with van der Waals surface area (Å²) in [6.45, 7) is 2.63. The summed E-state index contributed by atoms with van der Waals surface area (Å²) in [4.78, 5) is 12.2. The van der Waals surface area contributed by atoms with Crippen LogP contribution in [0.4, 0.5) is 0 Å². The van der Waals surface area contributed by atoms with E-state index in [1.807, 2.05) is 23.6 Å². The Balaban J connectivity index is 1.61. The van der Waals surface area contributed by atoms with Gasteiger partial charge in [-0.15, -0.1) is 10.2 Å². The molecule has 0 atom stereocenters. The van der Waals surface area contributed by atoms with E-state index in [1.54, 1.807) is 24.3 Å². The van der Waals surface area contributed by atoms with E-state index in [0.29, 0.717) is 28.1 Å². The Morgan fingerprint density at radius 2 is 1.88 bits per heavy atom. The van der Waals surface area contributed by atoms with Crippen LogP contribution >= 0.6 is 23.4 Å². The van der Waals surface area contributed by atoms with Crippen LogP contribution in [-0.2, 0) is 11.3 Å². The maximum absolute atomic E-state index is 12.2. The number of phenols is 1. The first-order chi connectivity index (χ1) is 15.5. The second-order valence-corrected chi connectivity index (χ2v) is 7.79. The molecule has 0 saturated heterocycles. The minimum absolute atomic E-state index is 0.106. The van der Waals surface area contributed by atoms with Crippen LogP contribution in [0.1, 0.15) is 12.5 Å². The van der Waals surface area contributed by atoms with Crippen molar-refractivity contribution in [3.8, 4) is 28.6 Å². The number of rotatable bonds is 9. The lowest BCUT2D eigenvalue weighted by atomic mass is 10.2. The minimum atomic E-state index is -0.303. The van der Waals surface area contributed by atoms with Crippen LogP contribution in [-0.4, -0.2) is 52.0 Å². The van der Waals surface area contributed by atoms with Gasteiger partial charge in [0.2, 0.25) is 5.75 Å². The number of hydrogen-bond acceptors (Lipinski definition) is 8. The van der Waals surface area contributed by atoms with E-state index in [9.17, 15) is 9.90 Å². The molecule has 0 aliphatic heterocycles. The van der Waals surface area contributed by atoms with E-state index >= 15 is 0 Å². The lowest BCUT2D eigenvalue weighted by Gasteiger charge is -2.09. The Hall–Kier alpha value is -3.24. The Kier molecular flexibility index (Phi) is 7.96. The molecule has 9 nitrogen and oxygen atoms in total. The SMILES string of the molecule is CCn1c(SCC(=O)NN=Cc2cc(OC)c(O)c(OC)c2)nnc1-c1ccc(Cl)cc1. The van der Waals surface area contributed by atoms with Crippen molar-refractivity contribution >= 4 is 35.5 Å². The molecule has 0 radical (unpaired) electrons. The summed E-state index contributed by atoms with van der Waals surface area (Å²) in [5.74, 6) is 0.887. The first kappa shape index (κ1) is 23.4. The summed E-state index contributed by atoms with van der Waals surface area (Å²) in [6.07, 6.45) is 1.43. The number of amides is 1. The summed E-state index contributed by atoms with van der Waals surface area (Å²) in [7, 11) is 2.86. The molecule has 32 heavy (non-hydrogen) atoms. The zero-order valence-electron chi connectivity index (χ0n) is 17.7. The summed E-state index contributed by atoms with van der Waals surface area (Å²) < 4.78 is 12.1. The van der Waals surface area contributed by atoms with E-state index in [1.165, 1.54) is 32.2 Å². The second kappa shape index (κ2) is 10.9. The number of ether oxygens (including phenoxy) is 2. The first-order valence-electron chi connectivity index (χ1n) is 9.55. The first-order valence-corrected chi connectivity index (χ1v) is 10.9. The standard InChI is InChI=1S/C21H22ClN5O4S/c1-4-27-20(14-5-7-15(22)8-6-14)25-26-21(27)32-12-18(28)24-23-11-13-9-16(30-2)19(29)17(10-13)31-3/h5-11,29H,4,12H2,1-3H3,(H,24,28). The van der Waals surface area contributed by atoms with E-state index in [0.717, 1.165) is 5.56 Å². The molecule has 11 heteroatoms. The van der Waals surface area contributed by atoms with E-state index < -0.39 is 0 Å². The largest absolute Gasteiger partial charge is 0.502 e. The Bertz CT molecular complexity index is 1090. The summed E-state index contributed by atoms with van der Waals surface area (Å²) in [6, 6.07) is 10.5. The number of hydrazone groups is 1. The van der Waals surface area contributed by atoms with Crippen molar-refractivity contribution < 1.29 is 19.4 Å². The van der Waals surface area contributed by atoms with Gasteiger partial charge in [-0.1, -0.05) is 23.4 Å². The zero-order chi connectivity index (χ0) is 23.1. The maximum atomic E-state index is 12.2. The van der Waals surface area contributed by atoms with Gasteiger partial charge in [-0.3, -0.25) is 4.79 Å². The van der Waals surface area contributed by atoms with Crippen molar-refractivity contribution in [1.82, 2.24) is 20.2 Å². The van der Waals surface area contributed by atoms with Gasteiger partial charge >= 0.3 is 0 Å². The lowest BCUT2D eigenvalue weighted by Crippen LogP contribution is -2.20. The van der Waals surface area contributed by atoms with Gasteiger partial charge < -0.3 is 19.1 Å². The molecule has 0 fully saturated rings. The molecule has 1 heterocycles. The monoisotopic (exact) mass is 475 g/mol. The third-order valence-corrected chi connectivity index (χ3v) is 5.59. The highest BCUT2D eigenvalue weighted by atomic mass is 35.5. The minimum Gasteiger partial charge on any atom is -0.502 e. The zero-order valence-corrected chi connectivity index (χ0v) is 19.3. The highest BCUT2D eigenvalue weighted by Gasteiger charge is 2.15. The van der Waals surface area contributed by atoms with Crippen molar-refractivity contribution in [2.45, 2.75) is 18.6 Å². The van der Waals surface area contributed by atoms with Gasteiger partial charge in [0, 0.05) is 22.7 Å². The molecule has 0 aliphatic carbocycles. The number of thioether (sulfide) groups is 1. The Labute approximate surface area is 194 Å². The third-order valence-electron chi connectivity index (χ3n) is 4.37. The number of carbonyl (C=O) groups excluding carboxylic acids is 1. The molecule has 1 amide bonds. The van der Waals surface area contributed by atoms with Crippen LogP contribution in [0.15, 0.2) is 46.7 Å². The second-order valence-electron chi connectivity index (χ2n) is 6.41. The number of halogens is 1. The van der Waals surface area contributed by atoms with Crippen LogP contribution in [0.3, 0.4) is 0 Å². The van der Waals surface area contributed by atoms with Crippen LogP contribution in [0.25, 0.3) is 11.4 Å². The summed E-state index contributed by atoms with van der Waals surface area (Å²) in [5.41, 5.74) is 3.95. The van der Waals surface area contributed by atoms with Gasteiger partial charge in [0.15, 0.2) is 22.5 Å². The summed E-state index contributed by atoms with van der Waals surface area (Å²) >= 11 is 7.22. The van der Waals surface area contributed by atoms with Gasteiger partial charge in [0.25, 0.3) is 5.91 Å². The average Bonchev–Trinajstić information content (AvgIpc) is 3.22. The number of carbonyl (C=O) groups is 1. The summed E-state index contributed by atoms with van der Waals surface area (Å²) in [5, 5.41) is 23.6. The Morgan fingerprint density at radius 1 is 1.22 bits per heavy atom. The van der Waals surface area contributed by atoms with Crippen molar-refractivity contribution in [2.75, 3.05) is 20.0 Å². The fourth-order valence-electron chi connectivity index (χ4n) is 2.82. The number of hydrogen-bond donors (Lipinski definition) is 2. The lowest BCUT2D eigenvalue weighted by molar-refractivity contribution is -0.118. The molecule has 0 saturated carbocycles. The smallest absolute Gasteiger partial charge is 0.250 e. The number of nitrogens with zero attached hydrogens (tertiary/aromatic N) is 4. The van der Waals surface area contributed by atoms with Crippen LogP contribution in [0.2, 0.25) is 5.02 Å². The molecule has 0 spiro atoms. The number of phenolic OH excluding ortho intramolecular Hbond substituents is 1. The normalized spacial score (nSPS) is 11.0. The molecule has 0 bridgehead atoms. The van der Waals surface area contributed by atoms with Crippen molar-refractivity contribution in [2.24, 2.45) is 5.10 Å². The molecule has 0 unspecified atom stereocenters. The van der Waals surface area contributed by atoms with Crippen LogP contribution < -0.4 is 14.9 Å². The number of nitrogens with one attached hydrogen (secondary N) is 1. The maximum Gasteiger partial charge on any atom is 0.250 e. The van der Waals surface area contributed by atoms with Gasteiger partial charge in [-0.25, -0.2) is 5.43 Å². The number of aromatic hydroxyl groups is 1. The fourth-order valence-corrected chi connectivity index (χ4v) is 3.74. The highest BCUT2D eigenvalue weighted by Crippen LogP contribution is 2.36. The van der Waals surface area contributed by atoms with E-state index in [4.69, 9.17) is 21.1 Å². The van der Waals surface area contributed by atoms with Gasteiger partial charge in [-0.2, -0.15) is 5.10 Å².